The van der Waals surface area contributed by atoms with E-state index in [4.69, 9.17) is 12.2 Å². The number of rotatable bonds is 3. The van der Waals surface area contributed by atoms with E-state index in [0.717, 1.165) is 12.8 Å². The van der Waals surface area contributed by atoms with Gasteiger partial charge in [0.2, 0.25) is 0 Å². The average Bonchev–Trinajstić information content (AvgIpc) is 2.97. The first-order valence-electron chi connectivity index (χ1n) is 7.99. The fourth-order valence-corrected chi connectivity index (χ4v) is 3.67. The highest BCUT2D eigenvalue weighted by Gasteiger charge is 2.36. The van der Waals surface area contributed by atoms with Crippen LogP contribution in [-0.2, 0) is 5.54 Å². The maximum absolute atomic E-state index is 13.3. The molecule has 0 unspecified atom stereocenters. The maximum atomic E-state index is 13.3. The van der Waals surface area contributed by atoms with Crippen LogP contribution in [0.5, 0.6) is 0 Å². The van der Waals surface area contributed by atoms with Gasteiger partial charge in [0, 0.05) is 5.69 Å². The van der Waals surface area contributed by atoms with Gasteiger partial charge in [-0.15, -0.1) is 0 Å². The second-order valence-corrected chi connectivity index (χ2v) is 6.66. The largest absolute Gasteiger partial charge is 0.353 e. The van der Waals surface area contributed by atoms with Crippen molar-refractivity contribution in [2.24, 2.45) is 0 Å². The molecule has 0 atom stereocenters. The van der Waals surface area contributed by atoms with Crippen LogP contribution in [0, 0.1) is 12.7 Å². The molecule has 0 amide bonds. The minimum absolute atomic E-state index is 0.122. The van der Waals surface area contributed by atoms with Crippen LogP contribution >= 0.6 is 12.2 Å². The lowest BCUT2D eigenvalue weighted by atomic mass is 9.87. The summed E-state index contributed by atoms with van der Waals surface area (Å²) in [5.74, 6) is -0.271. The van der Waals surface area contributed by atoms with Crippen molar-refractivity contribution in [2.75, 3.05) is 5.32 Å². The molecule has 0 heterocycles. The van der Waals surface area contributed by atoms with Gasteiger partial charge in [-0.2, -0.15) is 0 Å². The Balaban J connectivity index is 1.78. The quantitative estimate of drug-likeness (QED) is 0.785. The van der Waals surface area contributed by atoms with Gasteiger partial charge in [-0.05, 0) is 55.7 Å². The van der Waals surface area contributed by atoms with Crippen molar-refractivity contribution in [1.82, 2.24) is 5.32 Å². The van der Waals surface area contributed by atoms with Crippen molar-refractivity contribution in [2.45, 2.75) is 38.1 Å². The number of halogens is 1. The highest BCUT2D eigenvalue weighted by atomic mass is 32.1. The summed E-state index contributed by atoms with van der Waals surface area (Å²) in [6.07, 6.45) is 4.48. The van der Waals surface area contributed by atoms with E-state index in [-0.39, 0.29) is 11.4 Å². The van der Waals surface area contributed by atoms with Crippen molar-refractivity contribution in [3.63, 3.8) is 0 Å². The topological polar surface area (TPSA) is 24.1 Å². The Kier molecular flexibility index (Phi) is 4.62. The molecule has 2 aromatic rings. The van der Waals surface area contributed by atoms with Gasteiger partial charge < -0.3 is 10.6 Å². The maximum Gasteiger partial charge on any atom is 0.171 e. The van der Waals surface area contributed by atoms with E-state index in [1.54, 1.807) is 6.07 Å². The van der Waals surface area contributed by atoms with Crippen LogP contribution in [0.4, 0.5) is 10.1 Å². The minimum atomic E-state index is -0.271. The molecule has 0 spiro atoms. The SMILES string of the molecule is Cc1cccc(C2(NC(=S)Nc3cccc(F)c3)CCCC2)c1. The molecule has 3 rings (SSSR count). The summed E-state index contributed by atoms with van der Waals surface area (Å²) >= 11 is 5.48. The molecule has 2 nitrogen and oxygen atoms in total. The fourth-order valence-electron chi connectivity index (χ4n) is 3.35. The molecule has 2 N–H and O–H groups in total. The summed E-state index contributed by atoms with van der Waals surface area (Å²) in [7, 11) is 0. The van der Waals surface area contributed by atoms with Crippen LogP contribution < -0.4 is 10.6 Å². The summed E-state index contributed by atoms with van der Waals surface area (Å²) in [6, 6.07) is 14.9. The minimum Gasteiger partial charge on any atom is -0.353 e. The number of anilines is 1. The molecule has 0 saturated heterocycles. The van der Waals surface area contributed by atoms with Crippen molar-refractivity contribution in [3.05, 3.63) is 65.5 Å². The summed E-state index contributed by atoms with van der Waals surface area (Å²) in [4.78, 5) is 0. The van der Waals surface area contributed by atoms with Crippen LogP contribution in [-0.4, -0.2) is 5.11 Å². The van der Waals surface area contributed by atoms with Crippen LogP contribution in [0.15, 0.2) is 48.5 Å². The molecular weight excluding hydrogens is 307 g/mol. The normalized spacial score (nSPS) is 16.1. The zero-order valence-electron chi connectivity index (χ0n) is 13.2. The predicted octanol–water partition coefficient (Wildman–Crippen LogP) is 4.89. The number of hydrogen-bond donors (Lipinski definition) is 2. The smallest absolute Gasteiger partial charge is 0.171 e. The molecule has 1 fully saturated rings. The Bertz CT molecular complexity index is 708. The molecule has 1 aliphatic rings. The third-order valence-corrected chi connectivity index (χ3v) is 4.67. The Morgan fingerprint density at radius 1 is 1.09 bits per heavy atom. The monoisotopic (exact) mass is 328 g/mol. The molecule has 23 heavy (non-hydrogen) atoms. The lowest BCUT2D eigenvalue weighted by Crippen LogP contribution is -2.45. The lowest BCUT2D eigenvalue weighted by Gasteiger charge is -2.33. The molecule has 0 aromatic heterocycles. The number of nitrogens with one attached hydrogen (secondary N) is 2. The molecular formula is C19H21FN2S. The third kappa shape index (κ3) is 3.70. The molecule has 0 radical (unpaired) electrons. The summed E-state index contributed by atoms with van der Waals surface area (Å²) in [6.45, 7) is 2.11. The van der Waals surface area contributed by atoms with E-state index >= 15 is 0 Å². The highest BCUT2D eigenvalue weighted by Crippen LogP contribution is 2.39. The van der Waals surface area contributed by atoms with Gasteiger partial charge in [0.05, 0.1) is 5.54 Å². The predicted molar refractivity (Wildman–Crippen MR) is 97.1 cm³/mol. The van der Waals surface area contributed by atoms with E-state index < -0.39 is 0 Å². The zero-order valence-corrected chi connectivity index (χ0v) is 14.0. The van der Waals surface area contributed by atoms with Crippen molar-refractivity contribution in [1.29, 1.82) is 0 Å². The van der Waals surface area contributed by atoms with Crippen LogP contribution in [0.2, 0.25) is 0 Å². The molecule has 4 heteroatoms. The first-order chi connectivity index (χ1) is 11.1. The fraction of sp³-hybridized carbons (Fsp3) is 0.316. The van der Waals surface area contributed by atoms with Gasteiger partial charge in [0.25, 0.3) is 0 Å². The molecule has 120 valence electrons. The van der Waals surface area contributed by atoms with Gasteiger partial charge in [-0.3, -0.25) is 0 Å². The first-order valence-corrected chi connectivity index (χ1v) is 8.40. The number of aryl methyl sites for hydroxylation is 1. The number of hydrogen-bond acceptors (Lipinski definition) is 1. The average molecular weight is 328 g/mol. The van der Waals surface area contributed by atoms with E-state index in [1.165, 1.54) is 36.1 Å². The number of benzene rings is 2. The van der Waals surface area contributed by atoms with E-state index in [1.807, 2.05) is 6.07 Å². The van der Waals surface area contributed by atoms with Gasteiger partial charge >= 0.3 is 0 Å². The Labute approximate surface area is 142 Å². The first kappa shape index (κ1) is 15.9. The molecule has 1 aliphatic carbocycles. The molecule has 1 saturated carbocycles. The summed E-state index contributed by atoms with van der Waals surface area (Å²) < 4.78 is 13.3. The van der Waals surface area contributed by atoms with Gasteiger partial charge in [0.15, 0.2) is 5.11 Å². The zero-order chi connectivity index (χ0) is 16.3. The van der Waals surface area contributed by atoms with Crippen molar-refractivity contribution < 1.29 is 4.39 Å². The van der Waals surface area contributed by atoms with Crippen molar-refractivity contribution >= 4 is 23.0 Å². The van der Waals surface area contributed by atoms with E-state index in [0.29, 0.717) is 10.8 Å². The van der Waals surface area contributed by atoms with Gasteiger partial charge in [-0.1, -0.05) is 48.7 Å². The Hall–Kier alpha value is -1.94. The van der Waals surface area contributed by atoms with Crippen molar-refractivity contribution in [3.8, 4) is 0 Å². The van der Waals surface area contributed by atoms with Gasteiger partial charge in [0.1, 0.15) is 5.82 Å². The molecule has 2 aromatic carbocycles. The standard InChI is InChI=1S/C19H21FN2S/c1-14-6-4-7-15(12-14)19(10-2-3-11-19)22-18(23)21-17-9-5-8-16(20)13-17/h4-9,12-13H,2-3,10-11H2,1H3,(H2,21,22,23). The number of thiocarbonyl (C=S) groups is 1. The van der Waals surface area contributed by atoms with Crippen LogP contribution in [0.1, 0.15) is 36.8 Å². The summed E-state index contributed by atoms with van der Waals surface area (Å²) in [5.41, 5.74) is 3.07. The van der Waals surface area contributed by atoms with E-state index in [9.17, 15) is 4.39 Å². The third-order valence-electron chi connectivity index (χ3n) is 4.46. The lowest BCUT2D eigenvalue weighted by molar-refractivity contribution is 0.408. The second kappa shape index (κ2) is 6.67. The Morgan fingerprint density at radius 3 is 2.52 bits per heavy atom. The highest BCUT2D eigenvalue weighted by molar-refractivity contribution is 7.80. The summed E-state index contributed by atoms with van der Waals surface area (Å²) in [5, 5.41) is 7.14. The molecule has 0 aliphatic heterocycles. The Morgan fingerprint density at radius 2 is 1.83 bits per heavy atom. The molecule has 0 bridgehead atoms. The van der Waals surface area contributed by atoms with E-state index in [2.05, 4.69) is 41.8 Å². The van der Waals surface area contributed by atoms with Crippen LogP contribution in [0.25, 0.3) is 0 Å². The second-order valence-electron chi connectivity index (χ2n) is 6.25. The van der Waals surface area contributed by atoms with Crippen LogP contribution in [0.3, 0.4) is 0 Å². The van der Waals surface area contributed by atoms with Gasteiger partial charge in [-0.25, -0.2) is 4.39 Å².